The van der Waals surface area contributed by atoms with Gasteiger partial charge in [0.25, 0.3) is 0 Å². The number of carbonyl (C=O) groups is 2. The zero-order chi connectivity index (χ0) is 26.2. The van der Waals surface area contributed by atoms with Crippen LogP contribution in [0.3, 0.4) is 0 Å². The van der Waals surface area contributed by atoms with Crippen molar-refractivity contribution in [1.82, 2.24) is 4.90 Å². The van der Waals surface area contributed by atoms with Crippen molar-refractivity contribution in [2.45, 2.75) is 32.7 Å². The molecule has 8 nitrogen and oxygen atoms in total. The van der Waals surface area contributed by atoms with Crippen LogP contribution in [-0.2, 0) is 19.1 Å². The van der Waals surface area contributed by atoms with Gasteiger partial charge in [0.15, 0.2) is 11.5 Å². The molecule has 1 heterocycles. The Labute approximate surface area is 212 Å². The first-order chi connectivity index (χ1) is 17.4. The van der Waals surface area contributed by atoms with Gasteiger partial charge < -0.3 is 28.6 Å². The summed E-state index contributed by atoms with van der Waals surface area (Å²) in [7, 11) is 4.53. The number of esters is 2. The minimum atomic E-state index is -0.781. The molecule has 1 aliphatic rings. The molecule has 0 spiro atoms. The molecule has 0 N–H and O–H groups in total. The van der Waals surface area contributed by atoms with Crippen LogP contribution in [0.25, 0.3) is 0 Å². The fraction of sp³-hybridized carbons (Fsp3) is 0.357. The number of rotatable bonds is 10. The summed E-state index contributed by atoms with van der Waals surface area (Å²) in [5, 5.41) is 0. The summed E-state index contributed by atoms with van der Waals surface area (Å²) in [6, 6.07) is 13.1. The van der Waals surface area contributed by atoms with Gasteiger partial charge in [-0.2, -0.15) is 0 Å². The number of carbonyl (C=O) groups excluding carboxylic acids is 2. The fourth-order valence-corrected chi connectivity index (χ4v) is 4.20. The minimum absolute atomic E-state index is 0.166. The summed E-state index contributed by atoms with van der Waals surface area (Å²) in [6.45, 7) is 5.84. The fourth-order valence-electron chi connectivity index (χ4n) is 4.20. The SMILES string of the molecule is CCOC(=O)C1=CN(C(C)c2ccccc2)C=C(C(=O)OCC)C1c1cc(OC)c(OC)c(OC)c1. The molecule has 0 saturated heterocycles. The monoisotopic (exact) mass is 495 g/mol. The normalized spacial score (nSPS) is 14.3. The average Bonchev–Trinajstić information content (AvgIpc) is 2.91. The zero-order valence-corrected chi connectivity index (χ0v) is 21.6. The number of methoxy groups -OCH3 is 3. The third-order valence-electron chi connectivity index (χ3n) is 5.97. The molecule has 0 aromatic heterocycles. The maximum absolute atomic E-state index is 13.3. The van der Waals surface area contributed by atoms with E-state index in [9.17, 15) is 9.59 Å². The van der Waals surface area contributed by atoms with Gasteiger partial charge >= 0.3 is 11.9 Å². The Morgan fingerprint density at radius 2 is 1.33 bits per heavy atom. The van der Waals surface area contributed by atoms with Crippen LogP contribution >= 0.6 is 0 Å². The molecule has 0 radical (unpaired) electrons. The van der Waals surface area contributed by atoms with Crippen molar-refractivity contribution in [2.24, 2.45) is 0 Å². The van der Waals surface area contributed by atoms with E-state index in [0.717, 1.165) is 5.56 Å². The van der Waals surface area contributed by atoms with E-state index in [2.05, 4.69) is 0 Å². The topological polar surface area (TPSA) is 83.5 Å². The molecule has 1 aliphatic heterocycles. The van der Waals surface area contributed by atoms with Gasteiger partial charge in [-0.25, -0.2) is 9.59 Å². The van der Waals surface area contributed by atoms with Gasteiger partial charge in [-0.1, -0.05) is 30.3 Å². The molecule has 192 valence electrons. The Bertz CT molecular complexity index is 1080. The van der Waals surface area contributed by atoms with Crippen LogP contribution in [0, 0.1) is 0 Å². The summed E-state index contributed by atoms with van der Waals surface area (Å²) in [5.74, 6) is -0.636. The number of ether oxygens (including phenoxy) is 5. The molecule has 0 amide bonds. The predicted octanol–water partition coefficient (Wildman–Crippen LogP) is 4.77. The Morgan fingerprint density at radius 3 is 1.75 bits per heavy atom. The molecule has 3 rings (SSSR count). The van der Waals surface area contributed by atoms with Gasteiger partial charge in [-0.15, -0.1) is 0 Å². The maximum Gasteiger partial charge on any atom is 0.336 e. The summed E-state index contributed by atoms with van der Waals surface area (Å²) in [4.78, 5) is 28.4. The van der Waals surface area contributed by atoms with Crippen LogP contribution in [0.4, 0.5) is 0 Å². The molecule has 2 aromatic rings. The first kappa shape index (κ1) is 26.7. The van der Waals surface area contributed by atoms with Gasteiger partial charge in [-0.3, -0.25) is 0 Å². The summed E-state index contributed by atoms with van der Waals surface area (Å²) in [5.41, 5.74) is 2.19. The lowest BCUT2D eigenvalue weighted by Gasteiger charge is -2.34. The van der Waals surface area contributed by atoms with Crippen molar-refractivity contribution in [3.63, 3.8) is 0 Å². The van der Waals surface area contributed by atoms with Crippen LogP contribution < -0.4 is 14.2 Å². The molecule has 1 unspecified atom stereocenters. The summed E-state index contributed by atoms with van der Waals surface area (Å²) >= 11 is 0. The first-order valence-corrected chi connectivity index (χ1v) is 11.8. The molecule has 0 bridgehead atoms. The largest absolute Gasteiger partial charge is 0.493 e. The number of hydrogen-bond acceptors (Lipinski definition) is 8. The van der Waals surface area contributed by atoms with E-state index in [1.165, 1.54) is 21.3 Å². The lowest BCUT2D eigenvalue weighted by atomic mass is 9.82. The summed E-state index contributed by atoms with van der Waals surface area (Å²) in [6.07, 6.45) is 3.46. The van der Waals surface area contributed by atoms with Crippen LogP contribution in [0.5, 0.6) is 17.2 Å². The van der Waals surface area contributed by atoms with Gasteiger partial charge in [-0.05, 0) is 44.0 Å². The lowest BCUT2D eigenvalue weighted by Crippen LogP contribution is -2.30. The van der Waals surface area contributed by atoms with Crippen molar-refractivity contribution in [3.05, 3.63) is 77.1 Å². The van der Waals surface area contributed by atoms with E-state index in [1.807, 2.05) is 42.2 Å². The van der Waals surface area contributed by atoms with Gasteiger partial charge in [0.1, 0.15) is 0 Å². The standard InChI is InChI=1S/C28H33NO7/c1-7-35-27(30)21-16-29(18(3)19-12-10-9-11-13-19)17-22(28(31)36-8-2)25(21)20-14-23(32-4)26(34-6)24(15-20)33-5/h9-18,25H,7-8H2,1-6H3. The van der Waals surface area contributed by atoms with E-state index < -0.39 is 17.9 Å². The molecular formula is C28H33NO7. The predicted molar refractivity (Wildman–Crippen MR) is 135 cm³/mol. The van der Waals surface area contributed by atoms with E-state index >= 15 is 0 Å². The quantitative estimate of drug-likeness (QED) is 0.436. The highest BCUT2D eigenvalue weighted by Gasteiger charge is 2.37. The van der Waals surface area contributed by atoms with Crippen molar-refractivity contribution < 1.29 is 33.3 Å². The third-order valence-corrected chi connectivity index (χ3v) is 5.97. The molecule has 8 heteroatoms. The molecule has 1 atom stereocenters. The minimum Gasteiger partial charge on any atom is -0.493 e. The lowest BCUT2D eigenvalue weighted by molar-refractivity contribution is -0.139. The molecule has 0 saturated carbocycles. The Kier molecular flexibility index (Phi) is 9.00. The highest BCUT2D eigenvalue weighted by molar-refractivity contribution is 5.98. The Hall–Kier alpha value is -3.94. The van der Waals surface area contributed by atoms with E-state index in [-0.39, 0.29) is 19.3 Å². The average molecular weight is 496 g/mol. The van der Waals surface area contributed by atoms with Crippen LogP contribution in [0.1, 0.15) is 43.9 Å². The van der Waals surface area contributed by atoms with E-state index in [1.54, 1.807) is 38.4 Å². The Morgan fingerprint density at radius 1 is 0.833 bits per heavy atom. The van der Waals surface area contributed by atoms with Crippen molar-refractivity contribution in [2.75, 3.05) is 34.5 Å². The van der Waals surface area contributed by atoms with E-state index in [0.29, 0.717) is 34.0 Å². The molecule has 2 aromatic carbocycles. The second-order valence-electron chi connectivity index (χ2n) is 8.04. The van der Waals surface area contributed by atoms with Gasteiger partial charge in [0.05, 0.1) is 57.6 Å². The van der Waals surface area contributed by atoms with Crippen molar-refractivity contribution >= 4 is 11.9 Å². The smallest absolute Gasteiger partial charge is 0.336 e. The second kappa shape index (κ2) is 12.2. The van der Waals surface area contributed by atoms with Gasteiger partial charge in [0.2, 0.25) is 5.75 Å². The number of benzene rings is 2. The zero-order valence-electron chi connectivity index (χ0n) is 21.6. The van der Waals surface area contributed by atoms with Gasteiger partial charge in [0, 0.05) is 12.4 Å². The van der Waals surface area contributed by atoms with E-state index in [4.69, 9.17) is 23.7 Å². The molecule has 0 aliphatic carbocycles. The molecular weight excluding hydrogens is 462 g/mol. The van der Waals surface area contributed by atoms with Crippen LogP contribution in [0.15, 0.2) is 66.0 Å². The number of nitrogens with zero attached hydrogens (tertiary/aromatic N) is 1. The van der Waals surface area contributed by atoms with Crippen LogP contribution in [-0.4, -0.2) is 51.4 Å². The summed E-state index contributed by atoms with van der Waals surface area (Å²) < 4.78 is 27.3. The van der Waals surface area contributed by atoms with Crippen molar-refractivity contribution in [3.8, 4) is 17.2 Å². The first-order valence-electron chi connectivity index (χ1n) is 11.8. The second-order valence-corrected chi connectivity index (χ2v) is 8.04. The highest BCUT2D eigenvalue weighted by Crippen LogP contribution is 2.45. The Balaban J connectivity index is 2.23. The molecule has 0 fully saturated rings. The number of hydrogen-bond donors (Lipinski definition) is 0. The maximum atomic E-state index is 13.3. The molecule has 36 heavy (non-hydrogen) atoms. The van der Waals surface area contributed by atoms with Crippen molar-refractivity contribution in [1.29, 1.82) is 0 Å². The van der Waals surface area contributed by atoms with Crippen LogP contribution in [0.2, 0.25) is 0 Å². The highest BCUT2D eigenvalue weighted by atomic mass is 16.5. The third kappa shape index (κ3) is 5.48.